The lowest BCUT2D eigenvalue weighted by molar-refractivity contribution is -0.139. The van der Waals surface area contributed by atoms with Crippen LogP contribution in [0, 0.1) is 0 Å². The maximum Gasteiger partial charge on any atom is 0.408 e. The minimum atomic E-state index is -1.05. The minimum Gasteiger partial charge on any atom is -0.480 e. The average Bonchev–Trinajstić information content (AvgIpc) is 2.37. The molecule has 0 aliphatic carbocycles. The smallest absolute Gasteiger partial charge is 0.408 e. The predicted molar refractivity (Wildman–Crippen MR) is 66.1 cm³/mol. The largest absolute Gasteiger partial charge is 0.480 e. The Morgan fingerprint density at radius 1 is 1.33 bits per heavy atom. The van der Waals surface area contributed by atoms with Crippen LogP contribution in [0.5, 0.6) is 0 Å². The van der Waals surface area contributed by atoms with E-state index in [9.17, 15) is 9.59 Å². The van der Waals surface area contributed by atoms with Gasteiger partial charge in [-0.1, -0.05) is 43.7 Å². The first-order valence-corrected chi connectivity index (χ1v) is 5.83. The number of hydrogen-bond donors (Lipinski definition) is 2. The van der Waals surface area contributed by atoms with Crippen LogP contribution in [0.25, 0.3) is 0 Å². The molecule has 98 valence electrons. The molecule has 5 heteroatoms. The highest BCUT2D eigenvalue weighted by Gasteiger charge is 2.19. The highest BCUT2D eigenvalue weighted by molar-refractivity contribution is 5.79. The molecule has 1 atom stereocenters. The van der Waals surface area contributed by atoms with Crippen molar-refractivity contribution in [2.45, 2.75) is 32.4 Å². The van der Waals surface area contributed by atoms with Gasteiger partial charge >= 0.3 is 12.1 Å². The minimum absolute atomic E-state index is 0.130. The zero-order valence-corrected chi connectivity index (χ0v) is 10.3. The lowest BCUT2D eigenvalue weighted by Crippen LogP contribution is -2.40. The summed E-state index contributed by atoms with van der Waals surface area (Å²) in [6, 6.07) is 8.31. The highest BCUT2D eigenvalue weighted by Crippen LogP contribution is 2.02. The molecule has 1 amide bonds. The number of carboxylic acids is 1. The molecule has 2 N–H and O–H groups in total. The van der Waals surface area contributed by atoms with Crippen LogP contribution in [-0.2, 0) is 16.1 Å². The summed E-state index contributed by atoms with van der Waals surface area (Å²) in [6.45, 7) is 1.98. The molecule has 1 aromatic rings. The van der Waals surface area contributed by atoms with Crippen LogP contribution in [0.2, 0.25) is 0 Å². The number of carboxylic acid groups (broad SMARTS) is 1. The normalized spacial score (nSPS) is 11.6. The van der Waals surface area contributed by atoms with E-state index in [1.54, 1.807) is 0 Å². The summed E-state index contributed by atoms with van der Waals surface area (Å²) in [5.41, 5.74) is 0.856. The van der Waals surface area contributed by atoms with Crippen molar-refractivity contribution in [1.82, 2.24) is 5.32 Å². The first-order chi connectivity index (χ1) is 8.63. The molecule has 0 aromatic heterocycles. The number of carbonyl (C=O) groups excluding carboxylic acids is 1. The van der Waals surface area contributed by atoms with Crippen molar-refractivity contribution in [2.24, 2.45) is 0 Å². The fourth-order valence-electron chi connectivity index (χ4n) is 1.45. The lowest BCUT2D eigenvalue weighted by atomic mass is 10.2. The quantitative estimate of drug-likeness (QED) is 0.812. The van der Waals surface area contributed by atoms with Crippen LogP contribution in [0.4, 0.5) is 4.79 Å². The Hall–Kier alpha value is -2.04. The van der Waals surface area contributed by atoms with Crippen LogP contribution in [0.3, 0.4) is 0 Å². The lowest BCUT2D eigenvalue weighted by Gasteiger charge is -2.13. The molecule has 18 heavy (non-hydrogen) atoms. The zero-order valence-electron chi connectivity index (χ0n) is 10.3. The highest BCUT2D eigenvalue weighted by atomic mass is 16.5. The Bertz CT molecular complexity index is 391. The van der Waals surface area contributed by atoms with Gasteiger partial charge in [-0.15, -0.1) is 0 Å². The maximum atomic E-state index is 11.4. The Labute approximate surface area is 106 Å². The number of benzene rings is 1. The summed E-state index contributed by atoms with van der Waals surface area (Å²) in [5.74, 6) is -1.05. The van der Waals surface area contributed by atoms with Crippen molar-refractivity contribution in [3.8, 4) is 0 Å². The number of nitrogens with one attached hydrogen (secondary N) is 1. The van der Waals surface area contributed by atoms with Gasteiger partial charge in [-0.05, 0) is 12.0 Å². The van der Waals surface area contributed by atoms with Gasteiger partial charge in [-0.2, -0.15) is 0 Å². The van der Waals surface area contributed by atoms with E-state index < -0.39 is 18.1 Å². The molecule has 0 fully saturated rings. The second kappa shape index (κ2) is 7.32. The van der Waals surface area contributed by atoms with Crippen molar-refractivity contribution in [3.63, 3.8) is 0 Å². The first kappa shape index (κ1) is 14.0. The molecular formula is C13H17NO4. The summed E-state index contributed by atoms with van der Waals surface area (Å²) >= 11 is 0. The molecule has 5 nitrogen and oxygen atoms in total. The summed E-state index contributed by atoms with van der Waals surface area (Å²) in [7, 11) is 0. The summed E-state index contributed by atoms with van der Waals surface area (Å²) in [6.07, 6.45) is 0.353. The Morgan fingerprint density at radius 2 is 2.00 bits per heavy atom. The van der Waals surface area contributed by atoms with E-state index in [0.717, 1.165) is 5.56 Å². The molecule has 1 aromatic carbocycles. The maximum absolute atomic E-state index is 11.4. The number of aliphatic carboxylic acids is 1. The third-order valence-electron chi connectivity index (χ3n) is 2.38. The number of ether oxygens (including phenoxy) is 1. The van der Waals surface area contributed by atoms with Gasteiger partial charge in [0.15, 0.2) is 0 Å². The molecule has 1 rings (SSSR count). The van der Waals surface area contributed by atoms with E-state index in [4.69, 9.17) is 9.84 Å². The van der Waals surface area contributed by atoms with Crippen molar-refractivity contribution >= 4 is 12.1 Å². The third-order valence-corrected chi connectivity index (χ3v) is 2.38. The predicted octanol–water partition coefficient (Wildman–Crippen LogP) is 2.17. The van der Waals surface area contributed by atoms with E-state index in [1.165, 1.54) is 0 Å². The molecule has 0 saturated heterocycles. The van der Waals surface area contributed by atoms with Gasteiger partial charge in [-0.3, -0.25) is 0 Å². The molecule has 0 bridgehead atoms. The average molecular weight is 251 g/mol. The van der Waals surface area contributed by atoms with Gasteiger partial charge < -0.3 is 15.2 Å². The van der Waals surface area contributed by atoms with E-state index in [-0.39, 0.29) is 6.61 Å². The molecule has 0 heterocycles. The Morgan fingerprint density at radius 3 is 2.56 bits per heavy atom. The molecule has 1 unspecified atom stereocenters. The Kier molecular flexibility index (Phi) is 5.70. The summed E-state index contributed by atoms with van der Waals surface area (Å²) in [5, 5.41) is 11.2. The van der Waals surface area contributed by atoms with Crippen LogP contribution >= 0.6 is 0 Å². The van der Waals surface area contributed by atoms with Crippen LogP contribution < -0.4 is 5.32 Å². The second-order valence-corrected chi connectivity index (χ2v) is 3.89. The summed E-state index contributed by atoms with van der Waals surface area (Å²) < 4.78 is 4.94. The first-order valence-electron chi connectivity index (χ1n) is 5.83. The number of amides is 1. The van der Waals surface area contributed by atoms with Gasteiger partial charge in [0.2, 0.25) is 0 Å². The van der Waals surface area contributed by atoms with Gasteiger partial charge in [-0.25, -0.2) is 9.59 Å². The monoisotopic (exact) mass is 251 g/mol. The summed E-state index contributed by atoms with van der Waals surface area (Å²) in [4.78, 5) is 22.2. The van der Waals surface area contributed by atoms with Crippen molar-refractivity contribution in [1.29, 1.82) is 0 Å². The number of carbonyl (C=O) groups is 2. The second-order valence-electron chi connectivity index (χ2n) is 3.89. The topological polar surface area (TPSA) is 75.6 Å². The molecule has 0 spiro atoms. The van der Waals surface area contributed by atoms with E-state index in [0.29, 0.717) is 12.8 Å². The Balaban J connectivity index is 2.39. The number of hydrogen-bond acceptors (Lipinski definition) is 3. The molecule has 0 aliphatic rings. The molecule has 0 aliphatic heterocycles. The van der Waals surface area contributed by atoms with Crippen molar-refractivity contribution in [3.05, 3.63) is 35.9 Å². The molecule has 0 radical (unpaired) electrons. The third kappa shape index (κ3) is 4.86. The van der Waals surface area contributed by atoms with Gasteiger partial charge in [0, 0.05) is 0 Å². The number of rotatable bonds is 6. The fourth-order valence-corrected chi connectivity index (χ4v) is 1.45. The zero-order chi connectivity index (χ0) is 13.4. The fraction of sp³-hybridized carbons (Fsp3) is 0.385. The number of alkyl carbamates (subject to hydrolysis) is 1. The van der Waals surface area contributed by atoms with E-state index in [2.05, 4.69) is 5.32 Å². The van der Waals surface area contributed by atoms with E-state index in [1.807, 2.05) is 37.3 Å². The van der Waals surface area contributed by atoms with Crippen LogP contribution in [0.1, 0.15) is 25.3 Å². The van der Waals surface area contributed by atoms with Gasteiger partial charge in [0.05, 0.1) is 0 Å². The standard InChI is InChI=1S/C13H17NO4/c1-2-6-11(12(15)16)14-13(17)18-9-10-7-4-3-5-8-10/h3-5,7-8,11H,2,6,9H2,1H3,(H,14,17)(H,15,16). The van der Waals surface area contributed by atoms with Crippen LogP contribution in [0.15, 0.2) is 30.3 Å². The van der Waals surface area contributed by atoms with Gasteiger partial charge in [0.25, 0.3) is 0 Å². The SMILES string of the molecule is CCCC(NC(=O)OCc1ccccc1)C(=O)O. The molecular weight excluding hydrogens is 234 g/mol. The van der Waals surface area contributed by atoms with E-state index >= 15 is 0 Å². The van der Waals surface area contributed by atoms with Crippen molar-refractivity contribution < 1.29 is 19.4 Å². The molecule has 0 saturated carbocycles. The van der Waals surface area contributed by atoms with Crippen molar-refractivity contribution in [2.75, 3.05) is 0 Å². The van der Waals surface area contributed by atoms with Crippen LogP contribution in [-0.4, -0.2) is 23.2 Å². The van der Waals surface area contributed by atoms with Gasteiger partial charge in [0.1, 0.15) is 12.6 Å².